The molecule has 0 aliphatic rings. The molecule has 2 rings (SSSR count). The van der Waals surface area contributed by atoms with Crippen LogP contribution in [0.4, 0.5) is 0 Å². The molecule has 1 heterocycles. The van der Waals surface area contributed by atoms with E-state index < -0.39 is 0 Å². The lowest BCUT2D eigenvalue weighted by Crippen LogP contribution is -2.26. The van der Waals surface area contributed by atoms with E-state index in [2.05, 4.69) is 15.6 Å². The van der Waals surface area contributed by atoms with Crippen molar-refractivity contribution in [1.29, 1.82) is 0 Å². The predicted octanol–water partition coefficient (Wildman–Crippen LogP) is 1.57. The molecule has 0 aliphatic carbocycles. The minimum atomic E-state index is -0.00129. The summed E-state index contributed by atoms with van der Waals surface area (Å²) < 4.78 is 5.39. The Balaban J connectivity index is 1.90. The Labute approximate surface area is 112 Å². The van der Waals surface area contributed by atoms with Gasteiger partial charge in [-0.25, -0.2) is 4.98 Å². The van der Waals surface area contributed by atoms with Gasteiger partial charge >= 0.3 is 0 Å². The zero-order valence-corrected chi connectivity index (χ0v) is 10.8. The van der Waals surface area contributed by atoms with Crippen LogP contribution in [0, 0.1) is 0 Å². The highest BCUT2D eigenvalue weighted by molar-refractivity contribution is 5.76. The lowest BCUT2D eigenvalue weighted by molar-refractivity contribution is -0.121. The van der Waals surface area contributed by atoms with Crippen molar-refractivity contribution >= 4 is 5.91 Å². The van der Waals surface area contributed by atoms with E-state index in [1.54, 1.807) is 6.26 Å². The smallest absolute Gasteiger partial charge is 0.226 e. The van der Waals surface area contributed by atoms with Gasteiger partial charge in [-0.15, -0.1) is 0 Å². The summed E-state index contributed by atoms with van der Waals surface area (Å²) in [5.41, 5.74) is 1.65. The van der Waals surface area contributed by atoms with Gasteiger partial charge in [0, 0.05) is 18.5 Å². The number of hydrogen-bond acceptors (Lipinski definition) is 4. The van der Waals surface area contributed by atoms with Gasteiger partial charge in [0.2, 0.25) is 11.8 Å². The second kappa shape index (κ2) is 6.70. The van der Waals surface area contributed by atoms with Gasteiger partial charge in [-0.3, -0.25) is 4.79 Å². The maximum atomic E-state index is 11.4. The third-order valence-electron chi connectivity index (χ3n) is 2.64. The van der Waals surface area contributed by atoms with Crippen LogP contribution in [-0.4, -0.2) is 24.5 Å². The first-order valence-electron chi connectivity index (χ1n) is 6.20. The Morgan fingerprint density at radius 1 is 1.32 bits per heavy atom. The molecule has 2 aromatic rings. The lowest BCUT2D eigenvalue weighted by atomic mass is 10.2. The Hall–Kier alpha value is -2.14. The topological polar surface area (TPSA) is 67.2 Å². The molecule has 0 atom stereocenters. The van der Waals surface area contributed by atoms with E-state index in [4.69, 9.17) is 4.42 Å². The summed E-state index contributed by atoms with van der Waals surface area (Å²) in [5.74, 6) is 0.568. The molecule has 0 saturated carbocycles. The normalized spacial score (nSPS) is 10.4. The minimum Gasteiger partial charge on any atom is -0.444 e. The lowest BCUT2D eigenvalue weighted by Gasteiger charge is -2.01. The number of carbonyl (C=O) groups excluding carboxylic acids is 1. The highest BCUT2D eigenvalue weighted by Crippen LogP contribution is 2.17. The Kier molecular flexibility index (Phi) is 4.69. The standard InChI is InChI=1S/C14H17N3O2/c1-15-8-7-13(18)16-9-12-10-19-14(17-12)11-5-3-2-4-6-11/h2-6,10,15H,7-9H2,1H3,(H,16,18). The molecule has 5 nitrogen and oxygen atoms in total. The molecule has 0 radical (unpaired) electrons. The number of nitrogens with zero attached hydrogens (tertiary/aromatic N) is 1. The first kappa shape index (κ1) is 13.3. The molecule has 1 aromatic heterocycles. The van der Waals surface area contributed by atoms with Crippen molar-refractivity contribution < 1.29 is 9.21 Å². The number of rotatable bonds is 6. The van der Waals surface area contributed by atoms with Crippen LogP contribution in [0.5, 0.6) is 0 Å². The van der Waals surface area contributed by atoms with Gasteiger partial charge < -0.3 is 15.1 Å². The minimum absolute atomic E-state index is 0.00129. The van der Waals surface area contributed by atoms with Crippen LogP contribution in [0.15, 0.2) is 41.0 Å². The molecule has 0 bridgehead atoms. The number of carbonyl (C=O) groups is 1. The zero-order valence-electron chi connectivity index (χ0n) is 10.8. The van der Waals surface area contributed by atoms with Crippen LogP contribution in [0.3, 0.4) is 0 Å². The molecule has 2 N–H and O–H groups in total. The fourth-order valence-electron chi connectivity index (χ4n) is 1.62. The molecular weight excluding hydrogens is 242 g/mol. The molecule has 0 spiro atoms. The van der Waals surface area contributed by atoms with E-state index in [1.165, 1.54) is 0 Å². The third-order valence-corrected chi connectivity index (χ3v) is 2.64. The Bertz CT molecular complexity index is 522. The largest absolute Gasteiger partial charge is 0.444 e. The fourth-order valence-corrected chi connectivity index (χ4v) is 1.62. The average molecular weight is 259 g/mol. The summed E-state index contributed by atoms with van der Waals surface area (Å²) in [6.07, 6.45) is 2.03. The van der Waals surface area contributed by atoms with Gasteiger partial charge in [-0.2, -0.15) is 0 Å². The summed E-state index contributed by atoms with van der Waals surface area (Å²) in [6.45, 7) is 1.05. The second-order valence-electron chi connectivity index (χ2n) is 4.14. The zero-order chi connectivity index (χ0) is 13.5. The summed E-state index contributed by atoms with van der Waals surface area (Å²) in [7, 11) is 1.82. The molecular formula is C14H17N3O2. The van der Waals surface area contributed by atoms with E-state index in [9.17, 15) is 4.79 Å². The van der Waals surface area contributed by atoms with Gasteiger partial charge in [0.25, 0.3) is 0 Å². The molecule has 100 valence electrons. The van der Waals surface area contributed by atoms with Gasteiger partial charge in [-0.05, 0) is 19.2 Å². The highest BCUT2D eigenvalue weighted by Gasteiger charge is 2.07. The van der Waals surface area contributed by atoms with Crippen molar-refractivity contribution in [3.63, 3.8) is 0 Å². The van der Waals surface area contributed by atoms with E-state index in [0.29, 0.717) is 25.4 Å². The second-order valence-corrected chi connectivity index (χ2v) is 4.14. The molecule has 1 amide bonds. The van der Waals surface area contributed by atoms with Crippen LogP contribution in [0.25, 0.3) is 11.5 Å². The van der Waals surface area contributed by atoms with Crippen molar-refractivity contribution in [3.8, 4) is 11.5 Å². The number of benzene rings is 1. The summed E-state index contributed by atoms with van der Waals surface area (Å²) in [5, 5.41) is 5.72. The summed E-state index contributed by atoms with van der Waals surface area (Å²) in [4.78, 5) is 15.8. The van der Waals surface area contributed by atoms with Crippen LogP contribution in [0.1, 0.15) is 12.1 Å². The number of amides is 1. The van der Waals surface area contributed by atoms with Gasteiger partial charge in [0.15, 0.2) is 0 Å². The number of oxazole rings is 1. The predicted molar refractivity (Wildman–Crippen MR) is 72.3 cm³/mol. The first-order valence-corrected chi connectivity index (χ1v) is 6.20. The molecule has 0 saturated heterocycles. The summed E-state index contributed by atoms with van der Waals surface area (Å²) in [6, 6.07) is 9.66. The SMILES string of the molecule is CNCCC(=O)NCc1coc(-c2ccccc2)n1. The van der Waals surface area contributed by atoms with Gasteiger partial charge in [0.05, 0.1) is 12.2 Å². The first-order chi connectivity index (χ1) is 9.29. The molecule has 0 fully saturated rings. The van der Waals surface area contributed by atoms with Crippen molar-refractivity contribution in [2.45, 2.75) is 13.0 Å². The van der Waals surface area contributed by atoms with Crippen LogP contribution in [-0.2, 0) is 11.3 Å². The molecule has 0 unspecified atom stereocenters. The summed E-state index contributed by atoms with van der Waals surface area (Å²) >= 11 is 0. The molecule has 19 heavy (non-hydrogen) atoms. The monoisotopic (exact) mass is 259 g/mol. The maximum absolute atomic E-state index is 11.4. The van der Waals surface area contributed by atoms with Crippen LogP contribution >= 0.6 is 0 Å². The fraction of sp³-hybridized carbons (Fsp3) is 0.286. The van der Waals surface area contributed by atoms with Gasteiger partial charge in [-0.1, -0.05) is 18.2 Å². The molecule has 0 aliphatic heterocycles. The maximum Gasteiger partial charge on any atom is 0.226 e. The van der Waals surface area contributed by atoms with Crippen molar-refractivity contribution in [2.75, 3.05) is 13.6 Å². The van der Waals surface area contributed by atoms with Gasteiger partial charge in [0.1, 0.15) is 6.26 Å². The van der Waals surface area contributed by atoms with Crippen LogP contribution < -0.4 is 10.6 Å². The Morgan fingerprint density at radius 2 is 2.11 bits per heavy atom. The molecule has 5 heteroatoms. The van der Waals surface area contributed by atoms with Crippen molar-refractivity contribution in [3.05, 3.63) is 42.3 Å². The van der Waals surface area contributed by atoms with Crippen molar-refractivity contribution in [1.82, 2.24) is 15.6 Å². The third kappa shape index (κ3) is 3.93. The Morgan fingerprint density at radius 3 is 2.84 bits per heavy atom. The molecule has 1 aromatic carbocycles. The average Bonchev–Trinajstić information content (AvgIpc) is 2.93. The van der Waals surface area contributed by atoms with E-state index >= 15 is 0 Å². The van der Waals surface area contributed by atoms with Crippen molar-refractivity contribution in [2.24, 2.45) is 0 Å². The quantitative estimate of drug-likeness (QED) is 0.826. The van der Waals surface area contributed by atoms with E-state index in [-0.39, 0.29) is 5.91 Å². The number of hydrogen-bond donors (Lipinski definition) is 2. The van der Waals surface area contributed by atoms with E-state index in [0.717, 1.165) is 11.3 Å². The van der Waals surface area contributed by atoms with Crippen LogP contribution in [0.2, 0.25) is 0 Å². The number of nitrogens with one attached hydrogen (secondary N) is 2. The van der Waals surface area contributed by atoms with E-state index in [1.807, 2.05) is 37.4 Å². The highest BCUT2D eigenvalue weighted by atomic mass is 16.3. The number of aromatic nitrogens is 1.